The van der Waals surface area contributed by atoms with Crippen LogP contribution in [0.5, 0.6) is 0 Å². The Balaban J connectivity index is 4.44. The van der Waals surface area contributed by atoms with Crippen molar-refractivity contribution in [3.05, 3.63) is 0 Å². The monoisotopic (exact) mass is 190 g/mol. The average molecular weight is 191 g/mol. The van der Waals surface area contributed by atoms with E-state index in [-0.39, 0.29) is 22.9 Å². The van der Waals surface area contributed by atoms with E-state index in [0.29, 0.717) is 12.8 Å². The SMILES string of the molecule is CCC(C(C)=O)C(CC)C(=O)Cl. The molecular weight excluding hydrogens is 176 g/mol. The fraction of sp³-hybridized carbons (Fsp3) is 0.778. The summed E-state index contributed by atoms with van der Waals surface area (Å²) in [5.74, 6) is -0.437. The number of ketones is 1. The van der Waals surface area contributed by atoms with E-state index in [9.17, 15) is 9.59 Å². The lowest BCUT2D eigenvalue weighted by molar-refractivity contribution is -0.127. The normalized spacial score (nSPS) is 15.3. The molecule has 0 aromatic heterocycles. The minimum absolute atomic E-state index is 0.0540. The molecule has 0 aromatic rings. The molecule has 0 heterocycles. The van der Waals surface area contributed by atoms with Gasteiger partial charge in [-0.05, 0) is 31.4 Å². The lowest BCUT2D eigenvalue weighted by Crippen LogP contribution is -2.25. The molecule has 70 valence electrons. The molecule has 0 bridgehead atoms. The topological polar surface area (TPSA) is 34.1 Å². The molecule has 0 saturated heterocycles. The third kappa shape index (κ3) is 2.94. The van der Waals surface area contributed by atoms with Gasteiger partial charge in [0.05, 0.1) is 0 Å². The Morgan fingerprint density at radius 1 is 1.17 bits per heavy atom. The van der Waals surface area contributed by atoms with E-state index in [1.54, 1.807) is 0 Å². The van der Waals surface area contributed by atoms with Gasteiger partial charge in [0.25, 0.3) is 0 Å². The van der Waals surface area contributed by atoms with Crippen LogP contribution < -0.4 is 0 Å². The number of Topliss-reactive ketones (excluding diaryl/α,β-unsaturated/α-hetero) is 1. The van der Waals surface area contributed by atoms with Gasteiger partial charge in [0.1, 0.15) is 5.78 Å². The number of carbonyl (C=O) groups excluding carboxylic acids is 2. The van der Waals surface area contributed by atoms with Gasteiger partial charge in [0.15, 0.2) is 0 Å². The summed E-state index contributed by atoms with van der Waals surface area (Å²) < 4.78 is 0. The molecule has 2 nitrogen and oxygen atoms in total. The van der Waals surface area contributed by atoms with Gasteiger partial charge >= 0.3 is 0 Å². The van der Waals surface area contributed by atoms with Gasteiger partial charge in [-0.2, -0.15) is 0 Å². The van der Waals surface area contributed by atoms with Crippen molar-refractivity contribution in [1.29, 1.82) is 0 Å². The third-order valence-corrected chi connectivity index (χ3v) is 2.46. The maximum atomic E-state index is 11.1. The van der Waals surface area contributed by atoms with Crippen molar-refractivity contribution in [3.8, 4) is 0 Å². The molecule has 0 N–H and O–H groups in total. The molecule has 12 heavy (non-hydrogen) atoms. The molecule has 0 amide bonds. The molecule has 2 unspecified atom stereocenters. The van der Waals surface area contributed by atoms with Gasteiger partial charge in [-0.1, -0.05) is 13.8 Å². The van der Waals surface area contributed by atoms with Crippen LogP contribution in [0.2, 0.25) is 0 Å². The van der Waals surface area contributed by atoms with Crippen LogP contribution in [0, 0.1) is 11.8 Å². The Labute approximate surface area is 78.3 Å². The van der Waals surface area contributed by atoms with Gasteiger partial charge < -0.3 is 0 Å². The largest absolute Gasteiger partial charge is 0.300 e. The summed E-state index contributed by atoms with van der Waals surface area (Å²) in [6.45, 7) is 5.28. The Morgan fingerprint density at radius 3 is 1.67 bits per heavy atom. The van der Waals surface area contributed by atoms with Crippen molar-refractivity contribution in [2.24, 2.45) is 11.8 Å². The number of rotatable bonds is 5. The molecule has 0 spiro atoms. The Morgan fingerprint density at radius 2 is 1.58 bits per heavy atom. The number of halogens is 1. The first kappa shape index (κ1) is 11.6. The number of hydrogen-bond acceptors (Lipinski definition) is 2. The third-order valence-electron chi connectivity index (χ3n) is 2.18. The predicted octanol–water partition coefficient (Wildman–Crippen LogP) is 2.39. The zero-order valence-corrected chi connectivity index (χ0v) is 8.52. The van der Waals surface area contributed by atoms with E-state index >= 15 is 0 Å². The van der Waals surface area contributed by atoms with Crippen molar-refractivity contribution in [3.63, 3.8) is 0 Å². The lowest BCUT2D eigenvalue weighted by Gasteiger charge is -2.18. The van der Waals surface area contributed by atoms with E-state index < -0.39 is 0 Å². The van der Waals surface area contributed by atoms with Gasteiger partial charge in [0.2, 0.25) is 5.24 Å². The van der Waals surface area contributed by atoms with E-state index in [1.807, 2.05) is 13.8 Å². The van der Waals surface area contributed by atoms with E-state index in [0.717, 1.165) is 0 Å². The maximum absolute atomic E-state index is 11.1. The smallest absolute Gasteiger partial charge is 0.225 e. The summed E-state index contributed by atoms with van der Waals surface area (Å²) in [6.07, 6.45) is 1.33. The van der Waals surface area contributed by atoms with E-state index in [2.05, 4.69) is 0 Å². The van der Waals surface area contributed by atoms with Crippen LogP contribution in [0.15, 0.2) is 0 Å². The van der Waals surface area contributed by atoms with Crippen molar-refractivity contribution >= 4 is 22.6 Å². The van der Waals surface area contributed by atoms with Crippen LogP contribution >= 0.6 is 11.6 Å². The number of carbonyl (C=O) groups is 2. The van der Waals surface area contributed by atoms with Gasteiger partial charge in [-0.25, -0.2) is 0 Å². The zero-order valence-electron chi connectivity index (χ0n) is 7.76. The molecule has 3 heteroatoms. The fourth-order valence-electron chi connectivity index (χ4n) is 1.46. The Bertz CT molecular complexity index is 157. The molecule has 0 aliphatic rings. The van der Waals surface area contributed by atoms with Crippen LogP contribution in [0.1, 0.15) is 33.6 Å². The Hall–Kier alpha value is -0.370. The standard InChI is InChI=1S/C9H15ClO2/c1-4-7(6(3)11)8(5-2)9(10)12/h7-8H,4-5H2,1-3H3. The van der Waals surface area contributed by atoms with Crippen LogP contribution in [0.4, 0.5) is 0 Å². The van der Waals surface area contributed by atoms with E-state index in [1.165, 1.54) is 6.92 Å². The van der Waals surface area contributed by atoms with Crippen molar-refractivity contribution in [2.45, 2.75) is 33.6 Å². The minimum atomic E-state index is -0.389. The molecule has 0 aliphatic carbocycles. The van der Waals surface area contributed by atoms with Crippen molar-refractivity contribution in [2.75, 3.05) is 0 Å². The van der Waals surface area contributed by atoms with Crippen LogP contribution in [0.3, 0.4) is 0 Å². The summed E-state index contributed by atoms with van der Waals surface area (Å²) in [5, 5.41) is -0.389. The lowest BCUT2D eigenvalue weighted by atomic mass is 9.86. The second-order valence-corrected chi connectivity index (χ2v) is 3.32. The highest BCUT2D eigenvalue weighted by molar-refractivity contribution is 6.64. The molecule has 0 rings (SSSR count). The molecule has 0 aromatic carbocycles. The summed E-state index contributed by atoms with van der Waals surface area (Å²) in [6, 6.07) is 0. The summed E-state index contributed by atoms with van der Waals surface area (Å²) in [7, 11) is 0. The molecule has 0 saturated carbocycles. The van der Waals surface area contributed by atoms with Crippen LogP contribution in [-0.4, -0.2) is 11.0 Å². The molecular formula is C9H15ClO2. The minimum Gasteiger partial charge on any atom is -0.300 e. The highest BCUT2D eigenvalue weighted by Gasteiger charge is 2.27. The first-order valence-corrected chi connectivity index (χ1v) is 4.62. The van der Waals surface area contributed by atoms with Gasteiger partial charge in [-0.3, -0.25) is 9.59 Å². The number of hydrogen-bond donors (Lipinski definition) is 0. The quantitative estimate of drug-likeness (QED) is 0.624. The first-order chi connectivity index (χ1) is 5.54. The first-order valence-electron chi connectivity index (χ1n) is 4.24. The summed E-state index contributed by atoms with van der Waals surface area (Å²) in [5.41, 5.74) is 0. The Kier molecular flexibility index (Phi) is 5.14. The van der Waals surface area contributed by atoms with Gasteiger partial charge in [0, 0.05) is 11.8 Å². The predicted molar refractivity (Wildman–Crippen MR) is 49.1 cm³/mol. The summed E-state index contributed by atoms with van der Waals surface area (Å²) >= 11 is 5.37. The van der Waals surface area contributed by atoms with Crippen molar-refractivity contribution in [1.82, 2.24) is 0 Å². The zero-order chi connectivity index (χ0) is 9.72. The average Bonchev–Trinajstić information content (AvgIpc) is 1.98. The molecule has 0 fully saturated rings. The van der Waals surface area contributed by atoms with Crippen LogP contribution in [-0.2, 0) is 9.59 Å². The molecule has 0 aliphatic heterocycles. The second kappa shape index (κ2) is 5.31. The maximum Gasteiger partial charge on any atom is 0.225 e. The highest BCUT2D eigenvalue weighted by Crippen LogP contribution is 2.22. The fourth-order valence-corrected chi connectivity index (χ4v) is 1.76. The van der Waals surface area contributed by atoms with Gasteiger partial charge in [-0.15, -0.1) is 0 Å². The molecule has 2 atom stereocenters. The second-order valence-electron chi connectivity index (χ2n) is 2.94. The van der Waals surface area contributed by atoms with Crippen molar-refractivity contribution < 1.29 is 9.59 Å². The molecule has 0 radical (unpaired) electrons. The van der Waals surface area contributed by atoms with Crippen LogP contribution in [0.25, 0.3) is 0 Å². The summed E-state index contributed by atoms with van der Waals surface area (Å²) in [4.78, 5) is 22.0. The highest BCUT2D eigenvalue weighted by atomic mass is 35.5. The van der Waals surface area contributed by atoms with E-state index in [4.69, 9.17) is 11.6 Å².